The van der Waals surface area contributed by atoms with Gasteiger partial charge in [-0.2, -0.15) is 0 Å². The zero-order valence-corrected chi connectivity index (χ0v) is 16.5. The van der Waals surface area contributed by atoms with E-state index in [0.29, 0.717) is 22.8 Å². The lowest BCUT2D eigenvalue weighted by Crippen LogP contribution is -2.43. The Morgan fingerprint density at radius 1 is 1.21 bits per heavy atom. The van der Waals surface area contributed by atoms with E-state index >= 15 is 0 Å². The minimum Gasteiger partial charge on any atom is -0.352 e. The number of hydrogen-bond acceptors (Lipinski definition) is 5. The summed E-state index contributed by atoms with van der Waals surface area (Å²) in [5.74, 6) is 0.559. The molecule has 1 N–H and O–H groups in total. The molecule has 0 bridgehead atoms. The number of likely N-dealkylation sites (N-methyl/N-ethyl adjacent to an activating group) is 1. The summed E-state index contributed by atoms with van der Waals surface area (Å²) < 4.78 is 0. The Kier molecular flexibility index (Phi) is 7.66. The molecule has 0 aliphatic rings. The van der Waals surface area contributed by atoms with Gasteiger partial charge >= 0.3 is 0 Å². The second-order valence-electron chi connectivity index (χ2n) is 6.25. The first-order chi connectivity index (χ1) is 11.2. The van der Waals surface area contributed by atoms with Crippen LogP contribution in [0.15, 0.2) is 5.03 Å². The van der Waals surface area contributed by atoms with E-state index in [1.807, 2.05) is 47.8 Å². The summed E-state index contributed by atoms with van der Waals surface area (Å²) in [4.78, 5) is 35.5. The molecule has 0 fully saturated rings. The van der Waals surface area contributed by atoms with Crippen molar-refractivity contribution in [2.24, 2.45) is 0 Å². The van der Waals surface area contributed by atoms with Crippen molar-refractivity contribution in [1.29, 1.82) is 0 Å². The second-order valence-corrected chi connectivity index (χ2v) is 7.04. The third-order valence-electron chi connectivity index (χ3n) is 3.45. The number of rotatable bonds is 7. The van der Waals surface area contributed by atoms with Crippen molar-refractivity contribution in [3.8, 4) is 0 Å². The van der Waals surface area contributed by atoms with Gasteiger partial charge in [-0.15, -0.1) is 11.8 Å². The lowest BCUT2D eigenvalue weighted by atomic mass is 10.1. The standard InChI is InChI=1S/C17H28N4O2S/c1-8-21(9-13(22)18-11(4)5)17(23)14-12(6)19-15(10(2)3)20-16(14)24-7/h10-11H,8-9H2,1-7H3,(H,18,22). The van der Waals surface area contributed by atoms with Crippen LogP contribution in [0, 0.1) is 6.92 Å². The summed E-state index contributed by atoms with van der Waals surface area (Å²) in [6, 6.07) is 0.0449. The monoisotopic (exact) mass is 352 g/mol. The van der Waals surface area contributed by atoms with Crippen LogP contribution < -0.4 is 5.32 Å². The van der Waals surface area contributed by atoms with Gasteiger partial charge in [-0.1, -0.05) is 13.8 Å². The Bertz CT molecular complexity index is 602. The highest BCUT2D eigenvalue weighted by Gasteiger charge is 2.24. The van der Waals surface area contributed by atoms with E-state index in [2.05, 4.69) is 15.3 Å². The first-order valence-electron chi connectivity index (χ1n) is 8.22. The molecule has 1 rings (SSSR count). The molecular formula is C17H28N4O2S. The molecule has 0 spiro atoms. The smallest absolute Gasteiger partial charge is 0.258 e. The average molecular weight is 353 g/mol. The van der Waals surface area contributed by atoms with E-state index in [4.69, 9.17) is 0 Å². The molecule has 6 nitrogen and oxygen atoms in total. The largest absolute Gasteiger partial charge is 0.352 e. The number of aryl methyl sites for hydroxylation is 1. The van der Waals surface area contributed by atoms with Crippen LogP contribution in [0.1, 0.15) is 62.4 Å². The van der Waals surface area contributed by atoms with Gasteiger partial charge in [0.2, 0.25) is 5.91 Å². The molecule has 1 aromatic rings. The molecule has 0 aliphatic carbocycles. The van der Waals surface area contributed by atoms with E-state index < -0.39 is 0 Å². The number of amides is 2. The van der Waals surface area contributed by atoms with Gasteiger partial charge in [-0.3, -0.25) is 9.59 Å². The second kappa shape index (κ2) is 9.01. The third kappa shape index (κ3) is 5.19. The van der Waals surface area contributed by atoms with E-state index in [1.54, 1.807) is 0 Å². The molecule has 0 atom stereocenters. The van der Waals surface area contributed by atoms with E-state index in [1.165, 1.54) is 16.7 Å². The number of nitrogens with zero attached hydrogens (tertiary/aromatic N) is 3. The SMILES string of the molecule is CCN(CC(=O)NC(C)C)C(=O)c1c(C)nc(C(C)C)nc1SC. The van der Waals surface area contributed by atoms with Crippen LogP contribution in [0.3, 0.4) is 0 Å². The Labute approximate surface area is 148 Å². The molecule has 0 saturated heterocycles. The summed E-state index contributed by atoms with van der Waals surface area (Å²) >= 11 is 1.43. The maximum absolute atomic E-state index is 12.9. The van der Waals surface area contributed by atoms with Gasteiger partial charge in [-0.05, 0) is 34.0 Å². The molecular weight excluding hydrogens is 324 g/mol. The topological polar surface area (TPSA) is 75.2 Å². The summed E-state index contributed by atoms with van der Waals surface area (Å²) in [5.41, 5.74) is 1.15. The van der Waals surface area contributed by atoms with Crippen molar-refractivity contribution in [3.05, 3.63) is 17.1 Å². The summed E-state index contributed by atoms with van der Waals surface area (Å²) in [5, 5.41) is 3.48. The molecule has 2 amide bonds. The first kappa shape index (κ1) is 20.4. The Hall–Kier alpha value is -1.63. The first-order valence-corrected chi connectivity index (χ1v) is 9.44. The number of hydrogen-bond donors (Lipinski definition) is 1. The fourth-order valence-electron chi connectivity index (χ4n) is 2.25. The highest BCUT2D eigenvalue weighted by Crippen LogP contribution is 2.24. The van der Waals surface area contributed by atoms with E-state index in [0.717, 1.165) is 5.82 Å². The van der Waals surface area contributed by atoms with Crippen LogP contribution in [0.4, 0.5) is 0 Å². The highest BCUT2D eigenvalue weighted by molar-refractivity contribution is 7.98. The Balaban J connectivity index is 3.13. The highest BCUT2D eigenvalue weighted by atomic mass is 32.2. The molecule has 0 aliphatic heterocycles. The maximum Gasteiger partial charge on any atom is 0.258 e. The molecule has 0 aromatic carbocycles. The minimum atomic E-state index is -0.200. The maximum atomic E-state index is 12.9. The summed E-state index contributed by atoms with van der Waals surface area (Å²) in [6.07, 6.45) is 1.89. The number of thioether (sulfide) groups is 1. The molecule has 0 radical (unpaired) electrons. The van der Waals surface area contributed by atoms with Crippen LogP contribution in [0.5, 0.6) is 0 Å². The number of nitrogens with one attached hydrogen (secondary N) is 1. The predicted molar refractivity (Wildman–Crippen MR) is 97.5 cm³/mol. The van der Waals surface area contributed by atoms with Crippen molar-refractivity contribution in [2.75, 3.05) is 19.3 Å². The van der Waals surface area contributed by atoms with Crippen molar-refractivity contribution in [3.63, 3.8) is 0 Å². The fraction of sp³-hybridized carbons (Fsp3) is 0.647. The zero-order chi connectivity index (χ0) is 18.4. The summed E-state index contributed by atoms with van der Waals surface area (Å²) in [6.45, 7) is 12.0. The van der Waals surface area contributed by atoms with Gasteiger partial charge < -0.3 is 10.2 Å². The van der Waals surface area contributed by atoms with Crippen molar-refractivity contribution >= 4 is 23.6 Å². The molecule has 0 unspecified atom stereocenters. The van der Waals surface area contributed by atoms with E-state index in [9.17, 15) is 9.59 Å². The minimum absolute atomic E-state index is 0.0344. The number of carbonyl (C=O) groups is 2. The molecule has 24 heavy (non-hydrogen) atoms. The molecule has 0 saturated carbocycles. The van der Waals surface area contributed by atoms with Crippen LogP contribution in [0.2, 0.25) is 0 Å². The van der Waals surface area contributed by atoms with E-state index in [-0.39, 0.29) is 30.3 Å². The van der Waals surface area contributed by atoms with Crippen molar-refractivity contribution in [1.82, 2.24) is 20.2 Å². The average Bonchev–Trinajstić information content (AvgIpc) is 2.50. The zero-order valence-electron chi connectivity index (χ0n) is 15.6. The molecule has 7 heteroatoms. The van der Waals surface area contributed by atoms with Gasteiger partial charge in [0.15, 0.2) is 0 Å². The van der Waals surface area contributed by atoms with Crippen LogP contribution >= 0.6 is 11.8 Å². The van der Waals surface area contributed by atoms with Gasteiger partial charge in [0.25, 0.3) is 5.91 Å². The molecule has 1 heterocycles. The Morgan fingerprint density at radius 3 is 2.29 bits per heavy atom. The number of aromatic nitrogens is 2. The third-order valence-corrected chi connectivity index (χ3v) is 4.13. The van der Waals surface area contributed by atoms with Crippen LogP contribution in [0.25, 0.3) is 0 Å². The fourth-order valence-corrected chi connectivity index (χ4v) is 2.87. The van der Waals surface area contributed by atoms with Crippen molar-refractivity contribution in [2.45, 2.75) is 58.5 Å². The lowest BCUT2D eigenvalue weighted by molar-refractivity contribution is -0.122. The summed E-state index contributed by atoms with van der Waals surface area (Å²) in [7, 11) is 0. The predicted octanol–water partition coefficient (Wildman–Crippen LogP) is 2.62. The normalized spacial score (nSPS) is 11.0. The van der Waals surface area contributed by atoms with Crippen LogP contribution in [-0.4, -0.2) is 52.1 Å². The lowest BCUT2D eigenvalue weighted by Gasteiger charge is -2.23. The molecule has 1 aromatic heterocycles. The quantitative estimate of drug-likeness (QED) is 0.603. The van der Waals surface area contributed by atoms with Crippen molar-refractivity contribution < 1.29 is 9.59 Å². The van der Waals surface area contributed by atoms with Crippen LogP contribution in [-0.2, 0) is 4.79 Å². The van der Waals surface area contributed by atoms with Gasteiger partial charge in [0.1, 0.15) is 10.9 Å². The molecule has 134 valence electrons. The number of carbonyl (C=O) groups excluding carboxylic acids is 2. The van der Waals surface area contributed by atoms with Gasteiger partial charge in [-0.25, -0.2) is 9.97 Å². The van der Waals surface area contributed by atoms with Gasteiger partial charge in [0.05, 0.1) is 17.8 Å². The van der Waals surface area contributed by atoms with Gasteiger partial charge in [0, 0.05) is 18.5 Å². The Morgan fingerprint density at radius 2 is 1.83 bits per heavy atom.